The van der Waals surface area contributed by atoms with Gasteiger partial charge >= 0.3 is 0 Å². The molecule has 0 saturated carbocycles. The van der Waals surface area contributed by atoms with Gasteiger partial charge in [0, 0.05) is 36.8 Å². The molecule has 3 rings (SSSR count). The third kappa shape index (κ3) is 4.03. The van der Waals surface area contributed by atoms with E-state index in [2.05, 4.69) is 10.1 Å². The van der Waals surface area contributed by atoms with Gasteiger partial charge in [-0.1, -0.05) is 17.7 Å². The standard InChI is InChI=1S/C18H17ClN4O2/c1-22-17(24)10-9-16(21-22)18(25)23(12-14-4-2-3-11-20-14)15-7-5-13(19)6-8-15/h2-8,11H,9-10,12H2,1H3. The van der Waals surface area contributed by atoms with E-state index in [0.29, 0.717) is 29.4 Å². The zero-order valence-corrected chi connectivity index (χ0v) is 14.5. The van der Waals surface area contributed by atoms with Gasteiger partial charge in [-0.05, 0) is 36.4 Å². The van der Waals surface area contributed by atoms with Gasteiger partial charge < -0.3 is 4.90 Å². The van der Waals surface area contributed by atoms with E-state index in [4.69, 9.17) is 11.6 Å². The fraction of sp³-hybridized carbons (Fsp3) is 0.222. The highest BCUT2D eigenvalue weighted by atomic mass is 35.5. The van der Waals surface area contributed by atoms with E-state index in [1.807, 2.05) is 18.2 Å². The van der Waals surface area contributed by atoms with Gasteiger partial charge in [-0.2, -0.15) is 5.10 Å². The lowest BCUT2D eigenvalue weighted by atomic mass is 10.1. The summed E-state index contributed by atoms with van der Waals surface area (Å²) in [5.41, 5.74) is 1.81. The van der Waals surface area contributed by atoms with Crippen LogP contribution < -0.4 is 4.90 Å². The summed E-state index contributed by atoms with van der Waals surface area (Å²) in [6, 6.07) is 12.6. The molecule has 2 aromatic rings. The van der Waals surface area contributed by atoms with Crippen molar-refractivity contribution in [1.29, 1.82) is 0 Å². The minimum Gasteiger partial charge on any atom is -0.301 e. The Morgan fingerprint density at radius 1 is 1.20 bits per heavy atom. The maximum Gasteiger partial charge on any atom is 0.274 e. The highest BCUT2D eigenvalue weighted by Gasteiger charge is 2.27. The number of halogens is 1. The van der Waals surface area contributed by atoms with Crippen molar-refractivity contribution in [3.8, 4) is 0 Å². The number of aromatic nitrogens is 1. The Bertz CT molecular complexity index is 806. The number of hydrazone groups is 1. The molecule has 1 aliphatic heterocycles. The smallest absolute Gasteiger partial charge is 0.274 e. The van der Waals surface area contributed by atoms with Gasteiger partial charge in [-0.15, -0.1) is 0 Å². The Kier molecular flexibility index (Phi) is 5.09. The van der Waals surface area contributed by atoms with Crippen molar-refractivity contribution < 1.29 is 9.59 Å². The number of hydrogen-bond donors (Lipinski definition) is 0. The van der Waals surface area contributed by atoms with E-state index in [-0.39, 0.29) is 18.2 Å². The van der Waals surface area contributed by atoms with Gasteiger partial charge in [0.15, 0.2) is 0 Å². The van der Waals surface area contributed by atoms with E-state index in [1.54, 1.807) is 42.4 Å². The molecule has 0 N–H and O–H groups in total. The predicted octanol–water partition coefficient (Wildman–Crippen LogP) is 2.88. The lowest BCUT2D eigenvalue weighted by Gasteiger charge is -2.26. The van der Waals surface area contributed by atoms with Gasteiger partial charge in [0.25, 0.3) is 5.91 Å². The molecule has 7 heteroatoms. The zero-order chi connectivity index (χ0) is 17.8. The lowest BCUT2D eigenvalue weighted by Crippen LogP contribution is -2.40. The van der Waals surface area contributed by atoms with Crippen LogP contribution >= 0.6 is 11.6 Å². The SMILES string of the molecule is CN1N=C(C(=O)N(Cc2ccccn2)c2ccc(Cl)cc2)CCC1=O. The zero-order valence-electron chi connectivity index (χ0n) is 13.7. The summed E-state index contributed by atoms with van der Waals surface area (Å²) in [4.78, 5) is 30.5. The highest BCUT2D eigenvalue weighted by molar-refractivity contribution is 6.44. The molecule has 0 fully saturated rings. The summed E-state index contributed by atoms with van der Waals surface area (Å²) < 4.78 is 0. The number of anilines is 1. The molecule has 0 aliphatic carbocycles. The first-order chi connectivity index (χ1) is 12.0. The molecule has 0 atom stereocenters. The molecule has 0 spiro atoms. The number of nitrogens with zero attached hydrogens (tertiary/aromatic N) is 4. The highest BCUT2D eigenvalue weighted by Crippen LogP contribution is 2.22. The normalized spacial score (nSPS) is 14.2. The third-order valence-electron chi connectivity index (χ3n) is 3.88. The second kappa shape index (κ2) is 7.44. The van der Waals surface area contributed by atoms with Crippen LogP contribution in [-0.4, -0.2) is 34.6 Å². The van der Waals surface area contributed by atoms with Crippen LogP contribution in [0.2, 0.25) is 5.02 Å². The quantitative estimate of drug-likeness (QED) is 0.846. The van der Waals surface area contributed by atoms with Crippen LogP contribution in [0.15, 0.2) is 53.8 Å². The molecular formula is C18H17ClN4O2. The van der Waals surface area contributed by atoms with Crippen LogP contribution in [0.25, 0.3) is 0 Å². The maximum atomic E-state index is 13.0. The van der Waals surface area contributed by atoms with Gasteiger partial charge in [0.05, 0.1) is 12.2 Å². The molecule has 0 unspecified atom stereocenters. The van der Waals surface area contributed by atoms with Crippen molar-refractivity contribution in [2.75, 3.05) is 11.9 Å². The summed E-state index contributed by atoms with van der Waals surface area (Å²) in [6.45, 7) is 0.304. The first-order valence-electron chi connectivity index (χ1n) is 7.86. The Labute approximate surface area is 150 Å². The van der Waals surface area contributed by atoms with Crippen molar-refractivity contribution in [3.05, 3.63) is 59.4 Å². The molecular weight excluding hydrogens is 340 g/mol. The van der Waals surface area contributed by atoms with Gasteiger partial charge in [0.1, 0.15) is 5.71 Å². The summed E-state index contributed by atoms with van der Waals surface area (Å²) in [5, 5.41) is 5.94. The summed E-state index contributed by atoms with van der Waals surface area (Å²) in [7, 11) is 1.56. The average Bonchev–Trinajstić information content (AvgIpc) is 2.63. The first-order valence-corrected chi connectivity index (χ1v) is 8.24. The van der Waals surface area contributed by atoms with Crippen molar-refractivity contribution in [2.24, 2.45) is 5.10 Å². The number of amides is 2. The first kappa shape index (κ1) is 17.1. The maximum absolute atomic E-state index is 13.0. The van der Waals surface area contributed by atoms with Crippen LogP contribution in [-0.2, 0) is 16.1 Å². The molecule has 1 aromatic heterocycles. The van der Waals surface area contributed by atoms with Crippen LogP contribution in [0, 0.1) is 0 Å². The van der Waals surface area contributed by atoms with Crippen molar-refractivity contribution in [3.63, 3.8) is 0 Å². The molecule has 0 saturated heterocycles. The number of carbonyl (C=O) groups is 2. The molecule has 1 aromatic carbocycles. The molecule has 0 bridgehead atoms. The summed E-state index contributed by atoms with van der Waals surface area (Å²) in [6.07, 6.45) is 2.29. The monoisotopic (exact) mass is 356 g/mol. The van der Waals surface area contributed by atoms with E-state index in [1.165, 1.54) is 5.01 Å². The average molecular weight is 357 g/mol. The van der Waals surface area contributed by atoms with Crippen LogP contribution in [0.1, 0.15) is 18.5 Å². The Morgan fingerprint density at radius 3 is 2.60 bits per heavy atom. The number of rotatable bonds is 4. The van der Waals surface area contributed by atoms with E-state index >= 15 is 0 Å². The van der Waals surface area contributed by atoms with Crippen molar-refractivity contribution in [1.82, 2.24) is 9.99 Å². The third-order valence-corrected chi connectivity index (χ3v) is 4.14. The molecule has 25 heavy (non-hydrogen) atoms. The van der Waals surface area contributed by atoms with Crippen molar-refractivity contribution in [2.45, 2.75) is 19.4 Å². The van der Waals surface area contributed by atoms with Crippen molar-refractivity contribution >= 4 is 34.8 Å². The van der Waals surface area contributed by atoms with Gasteiger partial charge in [0.2, 0.25) is 5.91 Å². The molecule has 128 valence electrons. The molecule has 6 nitrogen and oxygen atoms in total. The predicted molar refractivity (Wildman–Crippen MR) is 96.3 cm³/mol. The molecule has 0 radical (unpaired) electrons. The fourth-order valence-corrected chi connectivity index (χ4v) is 2.66. The van der Waals surface area contributed by atoms with E-state index < -0.39 is 0 Å². The lowest BCUT2D eigenvalue weighted by molar-refractivity contribution is -0.130. The topological polar surface area (TPSA) is 65.9 Å². The van der Waals surface area contributed by atoms with Gasteiger partial charge in [-0.3, -0.25) is 14.6 Å². The van der Waals surface area contributed by atoms with Crippen LogP contribution in [0.3, 0.4) is 0 Å². The largest absolute Gasteiger partial charge is 0.301 e. The number of hydrogen-bond acceptors (Lipinski definition) is 4. The molecule has 2 heterocycles. The van der Waals surface area contributed by atoms with Gasteiger partial charge in [-0.25, -0.2) is 5.01 Å². The fourth-order valence-electron chi connectivity index (χ4n) is 2.53. The Hall–Kier alpha value is -2.73. The second-order valence-electron chi connectivity index (χ2n) is 5.65. The second-order valence-corrected chi connectivity index (χ2v) is 6.09. The summed E-state index contributed by atoms with van der Waals surface area (Å²) in [5.74, 6) is -0.341. The summed E-state index contributed by atoms with van der Waals surface area (Å²) >= 11 is 5.96. The Morgan fingerprint density at radius 2 is 1.96 bits per heavy atom. The van der Waals surface area contributed by atoms with E-state index in [0.717, 1.165) is 5.69 Å². The number of benzene rings is 1. The Balaban J connectivity index is 1.93. The van der Waals surface area contributed by atoms with E-state index in [9.17, 15) is 9.59 Å². The minimum atomic E-state index is -0.243. The number of pyridine rings is 1. The number of carbonyl (C=O) groups excluding carboxylic acids is 2. The minimum absolute atomic E-state index is 0.0979. The molecule has 1 aliphatic rings. The van der Waals surface area contributed by atoms with Crippen LogP contribution in [0.4, 0.5) is 5.69 Å². The van der Waals surface area contributed by atoms with Crippen LogP contribution in [0.5, 0.6) is 0 Å². The molecule has 2 amide bonds.